The van der Waals surface area contributed by atoms with E-state index in [1.807, 2.05) is 17.0 Å². The lowest BCUT2D eigenvalue weighted by molar-refractivity contribution is 0.179. The number of anilines is 1. The summed E-state index contributed by atoms with van der Waals surface area (Å²) < 4.78 is 0. The molecule has 1 unspecified atom stereocenters. The number of amides is 2. The summed E-state index contributed by atoms with van der Waals surface area (Å²) in [5, 5.41) is 4.38. The first-order valence-corrected chi connectivity index (χ1v) is 9.47. The van der Waals surface area contributed by atoms with Gasteiger partial charge in [0, 0.05) is 28.8 Å². The number of hydrogen-bond donors (Lipinski definition) is 2. The molecule has 0 saturated heterocycles. The van der Waals surface area contributed by atoms with Crippen molar-refractivity contribution in [3.8, 4) is 0 Å². The zero-order chi connectivity index (χ0) is 18.1. The van der Waals surface area contributed by atoms with Gasteiger partial charge in [0.15, 0.2) is 0 Å². The highest BCUT2D eigenvalue weighted by Gasteiger charge is 2.32. The summed E-state index contributed by atoms with van der Waals surface area (Å²) >= 11 is 0. The van der Waals surface area contributed by atoms with E-state index in [-0.39, 0.29) is 12.1 Å². The van der Waals surface area contributed by atoms with E-state index in [2.05, 4.69) is 60.5 Å². The van der Waals surface area contributed by atoms with E-state index < -0.39 is 0 Å². The fraction of sp³-hybridized carbons (Fsp3) is 0.318. The quantitative estimate of drug-likeness (QED) is 0.666. The molecule has 0 saturated carbocycles. The maximum atomic E-state index is 13.0. The van der Waals surface area contributed by atoms with Crippen LogP contribution in [0.4, 0.5) is 10.5 Å². The molecule has 3 aromatic rings. The highest BCUT2D eigenvalue weighted by molar-refractivity contribution is 5.91. The average molecular weight is 347 g/mol. The van der Waals surface area contributed by atoms with Gasteiger partial charge in [-0.1, -0.05) is 44.2 Å². The van der Waals surface area contributed by atoms with Crippen LogP contribution in [0.3, 0.4) is 0 Å². The first-order valence-electron chi connectivity index (χ1n) is 9.47. The summed E-state index contributed by atoms with van der Waals surface area (Å²) in [4.78, 5) is 18.5. The molecule has 0 fully saturated rings. The van der Waals surface area contributed by atoms with Gasteiger partial charge in [-0.3, -0.25) is 0 Å². The number of aromatic nitrogens is 1. The second kappa shape index (κ2) is 6.87. The standard InChI is InChI=1S/C22H25N3O/c1-3-15-8-7-9-16(14-15)23-22(26)25-13-12-18-17-10-5-6-11-19(17)24-21(18)20(25)4-2/h5-11,14,20,24H,3-4,12-13H2,1-2H3,(H,23,26). The molecule has 1 atom stereocenters. The minimum atomic E-state index is -0.0191. The Hall–Kier alpha value is -2.75. The summed E-state index contributed by atoms with van der Waals surface area (Å²) in [7, 11) is 0. The Kier molecular flexibility index (Phi) is 4.41. The molecule has 1 aliphatic rings. The molecule has 0 spiro atoms. The second-order valence-electron chi connectivity index (χ2n) is 6.91. The van der Waals surface area contributed by atoms with E-state index in [0.717, 1.165) is 37.0 Å². The van der Waals surface area contributed by atoms with Crippen LogP contribution in [0.1, 0.15) is 43.1 Å². The SMILES string of the molecule is CCc1cccc(NC(=O)N2CCc3c([nH]c4ccccc34)C2CC)c1. The topological polar surface area (TPSA) is 48.1 Å². The van der Waals surface area contributed by atoms with Gasteiger partial charge in [0.1, 0.15) is 0 Å². The summed E-state index contributed by atoms with van der Waals surface area (Å²) in [6.07, 6.45) is 2.74. The van der Waals surface area contributed by atoms with Crippen LogP contribution in [0, 0.1) is 0 Å². The van der Waals surface area contributed by atoms with Crippen LogP contribution < -0.4 is 5.32 Å². The van der Waals surface area contributed by atoms with Crippen LogP contribution in [0.5, 0.6) is 0 Å². The van der Waals surface area contributed by atoms with Crippen molar-refractivity contribution in [3.05, 3.63) is 65.4 Å². The Morgan fingerprint density at radius 3 is 2.85 bits per heavy atom. The average Bonchev–Trinajstić information content (AvgIpc) is 3.06. The third-order valence-electron chi connectivity index (χ3n) is 5.39. The van der Waals surface area contributed by atoms with Crippen molar-refractivity contribution in [1.29, 1.82) is 0 Å². The lowest BCUT2D eigenvalue weighted by atomic mass is 9.96. The number of urea groups is 1. The van der Waals surface area contributed by atoms with Crippen LogP contribution in [0.2, 0.25) is 0 Å². The minimum Gasteiger partial charge on any atom is -0.356 e. The molecule has 2 aromatic carbocycles. The van der Waals surface area contributed by atoms with Crippen molar-refractivity contribution in [2.45, 2.75) is 39.2 Å². The first kappa shape index (κ1) is 16.7. The minimum absolute atomic E-state index is 0.0191. The Bertz CT molecular complexity index is 943. The predicted molar refractivity (Wildman–Crippen MR) is 107 cm³/mol. The molecule has 4 heteroatoms. The summed E-state index contributed by atoms with van der Waals surface area (Å²) in [5.74, 6) is 0. The van der Waals surface area contributed by atoms with Crippen molar-refractivity contribution in [2.75, 3.05) is 11.9 Å². The molecule has 2 N–H and O–H groups in total. The lowest BCUT2D eigenvalue weighted by Gasteiger charge is -2.35. The fourth-order valence-corrected chi connectivity index (χ4v) is 4.05. The molecule has 2 amide bonds. The number of aromatic amines is 1. The van der Waals surface area contributed by atoms with E-state index in [1.54, 1.807) is 0 Å². The summed E-state index contributed by atoms with van der Waals surface area (Å²) in [5.41, 5.74) is 5.81. The van der Waals surface area contributed by atoms with Gasteiger partial charge >= 0.3 is 6.03 Å². The zero-order valence-corrected chi connectivity index (χ0v) is 15.4. The van der Waals surface area contributed by atoms with E-state index >= 15 is 0 Å². The second-order valence-corrected chi connectivity index (χ2v) is 6.91. The largest absolute Gasteiger partial charge is 0.356 e. The fourth-order valence-electron chi connectivity index (χ4n) is 4.05. The van der Waals surface area contributed by atoms with Crippen molar-refractivity contribution in [1.82, 2.24) is 9.88 Å². The van der Waals surface area contributed by atoms with Gasteiger partial charge in [-0.05, 0) is 48.6 Å². The lowest BCUT2D eigenvalue weighted by Crippen LogP contribution is -2.42. The molecule has 1 aromatic heterocycles. The van der Waals surface area contributed by atoms with Gasteiger partial charge in [-0.2, -0.15) is 0 Å². The van der Waals surface area contributed by atoms with Crippen LogP contribution in [-0.2, 0) is 12.8 Å². The predicted octanol–water partition coefficient (Wildman–Crippen LogP) is 5.27. The molecule has 0 aliphatic carbocycles. The number of carbonyl (C=O) groups is 1. The molecular weight excluding hydrogens is 322 g/mol. The molecule has 4 rings (SSSR count). The molecular formula is C22H25N3O. The van der Waals surface area contributed by atoms with E-state index in [1.165, 1.54) is 22.2 Å². The van der Waals surface area contributed by atoms with Crippen molar-refractivity contribution in [3.63, 3.8) is 0 Å². The number of para-hydroxylation sites is 1. The zero-order valence-electron chi connectivity index (χ0n) is 15.4. The number of benzene rings is 2. The Morgan fingerprint density at radius 1 is 1.19 bits per heavy atom. The van der Waals surface area contributed by atoms with Gasteiger partial charge in [0.05, 0.1) is 6.04 Å². The third-order valence-corrected chi connectivity index (χ3v) is 5.39. The number of rotatable bonds is 3. The van der Waals surface area contributed by atoms with E-state index in [9.17, 15) is 4.79 Å². The van der Waals surface area contributed by atoms with Gasteiger partial charge < -0.3 is 15.2 Å². The van der Waals surface area contributed by atoms with Gasteiger partial charge in [0.2, 0.25) is 0 Å². The maximum absolute atomic E-state index is 13.0. The Labute approximate surface area is 154 Å². The van der Waals surface area contributed by atoms with Crippen LogP contribution in [0.25, 0.3) is 10.9 Å². The third kappa shape index (κ3) is 2.85. The number of fused-ring (bicyclic) bond motifs is 3. The molecule has 4 nitrogen and oxygen atoms in total. The number of hydrogen-bond acceptors (Lipinski definition) is 1. The normalized spacial score (nSPS) is 16.5. The van der Waals surface area contributed by atoms with Crippen LogP contribution >= 0.6 is 0 Å². The van der Waals surface area contributed by atoms with E-state index in [0.29, 0.717) is 0 Å². The smallest absolute Gasteiger partial charge is 0.322 e. The monoisotopic (exact) mass is 347 g/mol. The number of carbonyl (C=O) groups excluding carboxylic acids is 1. The molecule has 1 aliphatic heterocycles. The van der Waals surface area contributed by atoms with Crippen LogP contribution in [0.15, 0.2) is 48.5 Å². The number of nitrogens with one attached hydrogen (secondary N) is 2. The maximum Gasteiger partial charge on any atom is 0.322 e. The van der Waals surface area contributed by atoms with Gasteiger partial charge in [-0.15, -0.1) is 0 Å². The Morgan fingerprint density at radius 2 is 2.04 bits per heavy atom. The molecule has 26 heavy (non-hydrogen) atoms. The van der Waals surface area contributed by atoms with E-state index in [4.69, 9.17) is 0 Å². The van der Waals surface area contributed by atoms with Crippen LogP contribution in [-0.4, -0.2) is 22.5 Å². The summed E-state index contributed by atoms with van der Waals surface area (Å²) in [6.45, 7) is 5.01. The highest BCUT2D eigenvalue weighted by atomic mass is 16.2. The van der Waals surface area contributed by atoms with Crippen molar-refractivity contribution < 1.29 is 4.79 Å². The number of nitrogens with zero attached hydrogens (tertiary/aromatic N) is 1. The van der Waals surface area contributed by atoms with Crippen molar-refractivity contribution in [2.24, 2.45) is 0 Å². The Balaban J connectivity index is 1.61. The first-order chi connectivity index (χ1) is 12.7. The number of aryl methyl sites for hydroxylation is 1. The number of H-pyrrole nitrogens is 1. The van der Waals surface area contributed by atoms with Gasteiger partial charge in [0.25, 0.3) is 0 Å². The van der Waals surface area contributed by atoms with Gasteiger partial charge in [-0.25, -0.2) is 4.79 Å². The molecule has 0 radical (unpaired) electrons. The van der Waals surface area contributed by atoms with Crippen molar-refractivity contribution >= 4 is 22.6 Å². The summed E-state index contributed by atoms with van der Waals surface area (Å²) in [6, 6.07) is 16.6. The molecule has 134 valence electrons. The molecule has 2 heterocycles. The molecule has 0 bridgehead atoms. The highest BCUT2D eigenvalue weighted by Crippen LogP contribution is 2.36.